The number of nitrogens with zero attached hydrogens (tertiary/aromatic N) is 2. The maximum Gasteiger partial charge on any atom is 0.173 e. The Morgan fingerprint density at radius 1 is 1.25 bits per heavy atom. The number of anilines is 1. The van der Waals surface area contributed by atoms with E-state index in [-0.39, 0.29) is 6.29 Å². The second-order valence-electron chi connectivity index (χ2n) is 3.32. The molecule has 1 rings (SSSR count). The number of aromatic nitrogens is 2. The lowest BCUT2D eigenvalue weighted by atomic mass is 10.3. The van der Waals surface area contributed by atoms with Crippen molar-refractivity contribution in [3.8, 4) is 0 Å². The summed E-state index contributed by atoms with van der Waals surface area (Å²) in [4.78, 5) is 8.31. The van der Waals surface area contributed by atoms with Gasteiger partial charge >= 0.3 is 0 Å². The van der Waals surface area contributed by atoms with E-state index in [4.69, 9.17) is 21.1 Å². The first kappa shape index (κ1) is 13.2. The van der Waals surface area contributed by atoms with Gasteiger partial charge in [0.15, 0.2) is 6.29 Å². The molecule has 1 heterocycles. The smallest absolute Gasteiger partial charge is 0.173 e. The minimum absolute atomic E-state index is 0.312. The first-order valence-corrected chi connectivity index (χ1v) is 5.26. The number of rotatable bonds is 5. The normalized spacial score (nSPS) is 10.9. The standard InChI is InChI=1S/C10H16ClN3O2/c1-6-9(11)13-7(2)14-10(6)12-5-8(15-3)16-4/h8H,5H2,1-4H3,(H,12,13,14). The molecule has 90 valence electrons. The van der Waals surface area contributed by atoms with Gasteiger partial charge in [0.05, 0.1) is 6.54 Å². The molecule has 5 nitrogen and oxygen atoms in total. The van der Waals surface area contributed by atoms with Crippen molar-refractivity contribution in [1.29, 1.82) is 0 Å². The van der Waals surface area contributed by atoms with Crippen LogP contribution in [0.1, 0.15) is 11.4 Å². The number of hydrogen-bond donors (Lipinski definition) is 1. The van der Waals surface area contributed by atoms with Gasteiger partial charge in [0.25, 0.3) is 0 Å². The van der Waals surface area contributed by atoms with Crippen molar-refractivity contribution < 1.29 is 9.47 Å². The van der Waals surface area contributed by atoms with E-state index >= 15 is 0 Å². The summed E-state index contributed by atoms with van der Waals surface area (Å²) in [7, 11) is 3.17. The molecular weight excluding hydrogens is 230 g/mol. The zero-order valence-corrected chi connectivity index (χ0v) is 10.6. The van der Waals surface area contributed by atoms with Gasteiger partial charge in [-0.05, 0) is 13.8 Å². The first-order chi connectivity index (χ1) is 7.58. The fraction of sp³-hybridized carbons (Fsp3) is 0.600. The first-order valence-electron chi connectivity index (χ1n) is 4.88. The molecule has 1 aromatic rings. The molecule has 0 atom stereocenters. The van der Waals surface area contributed by atoms with Crippen LogP contribution in [-0.2, 0) is 9.47 Å². The fourth-order valence-corrected chi connectivity index (χ4v) is 1.42. The molecule has 0 amide bonds. The van der Waals surface area contributed by atoms with E-state index in [1.165, 1.54) is 0 Å². The molecule has 0 bridgehead atoms. The minimum Gasteiger partial charge on any atom is -0.365 e. The highest BCUT2D eigenvalue weighted by Crippen LogP contribution is 2.19. The molecule has 0 saturated heterocycles. The van der Waals surface area contributed by atoms with Crippen LogP contribution >= 0.6 is 11.6 Å². The predicted octanol–water partition coefficient (Wildman–Crippen LogP) is 1.78. The highest BCUT2D eigenvalue weighted by Gasteiger charge is 2.09. The van der Waals surface area contributed by atoms with Crippen molar-refractivity contribution in [3.05, 3.63) is 16.5 Å². The van der Waals surface area contributed by atoms with Gasteiger partial charge in [-0.3, -0.25) is 0 Å². The lowest BCUT2D eigenvalue weighted by Crippen LogP contribution is -2.24. The van der Waals surface area contributed by atoms with Gasteiger partial charge in [-0.2, -0.15) is 0 Å². The second-order valence-corrected chi connectivity index (χ2v) is 3.68. The summed E-state index contributed by atoms with van der Waals surface area (Å²) in [5.74, 6) is 1.33. The molecule has 0 aliphatic heterocycles. The molecule has 0 radical (unpaired) electrons. The lowest BCUT2D eigenvalue weighted by Gasteiger charge is -2.16. The van der Waals surface area contributed by atoms with Crippen LogP contribution in [0.3, 0.4) is 0 Å². The van der Waals surface area contributed by atoms with Gasteiger partial charge in [-0.25, -0.2) is 9.97 Å². The minimum atomic E-state index is -0.312. The largest absolute Gasteiger partial charge is 0.365 e. The Bertz CT molecular complexity index is 356. The lowest BCUT2D eigenvalue weighted by molar-refractivity contribution is -0.0914. The molecule has 1 aromatic heterocycles. The molecule has 0 spiro atoms. The molecule has 1 N–H and O–H groups in total. The Labute approximate surface area is 100 Å². The summed E-state index contributed by atoms with van der Waals surface area (Å²) in [6.07, 6.45) is -0.312. The van der Waals surface area contributed by atoms with Crippen LogP contribution in [0.4, 0.5) is 5.82 Å². The quantitative estimate of drug-likeness (QED) is 0.633. The van der Waals surface area contributed by atoms with E-state index < -0.39 is 0 Å². The van der Waals surface area contributed by atoms with E-state index in [0.717, 1.165) is 5.56 Å². The van der Waals surface area contributed by atoms with Gasteiger partial charge in [0.2, 0.25) is 0 Å². The number of hydrogen-bond acceptors (Lipinski definition) is 5. The molecule has 0 aliphatic carbocycles. The molecule has 6 heteroatoms. The van der Waals surface area contributed by atoms with E-state index in [1.54, 1.807) is 21.1 Å². The molecule has 0 fully saturated rings. The molecule has 0 unspecified atom stereocenters. The van der Waals surface area contributed by atoms with Gasteiger partial charge in [-0.15, -0.1) is 0 Å². The van der Waals surface area contributed by atoms with E-state index in [2.05, 4.69) is 15.3 Å². The molecular formula is C10H16ClN3O2. The average Bonchev–Trinajstić information content (AvgIpc) is 2.26. The van der Waals surface area contributed by atoms with Crippen LogP contribution < -0.4 is 5.32 Å². The molecule has 16 heavy (non-hydrogen) atoms. The number of nitrogens with one attached hydrogen (secondary N) is 1. The molecule has 0 aromatic carbocycles. The predicted molar refractivity (Wildman–Crippen MR) is 62.8 cm³/mol. The van der Waals surface area contributed by atoms with E-state index in [0.29, 0.717) is 23.3 Å². The molecule has 0 saturated carbocycles. The van der Waals surface area contributed by atoms with Crippen LogP contribution in [0.15, 0.2) is 0 Å². The number of halogens is 1. The Morgan fingerprint density at radius 3 is 2.44 bits per heavy atom. The Kier molecular flexibility index (Phi) is 4.92. The van der Waals surface area contributed by atoms with Gasteiger partial charge in [0.1, 0.15) is 16.8 Å². The monoisotopic (exact) mass is 245 g/mol. The Morgan fingerprint density at radius 2 is 1.88 bits per heavy atom. The molecule has 0 aliphatic rings. The van der Waals surface area contributed by atoms with Crippen LogP contribution in [0.5, 0.6) is 0 Å². The van der Waals surface area contributed by atoms with Crippen molar-refractivity contribution in [2.75, 3.05) is 26.1 Å². The maximum atomic E-state index is 5.95. The van der Waals surface area contributed by atoms with Crippen LogP contribution in [0.25, 0.3) is 0 Å². The van der Waals surface area contributed by atoms with E-state index in [1.807, 2.05) is 6.92 Å². The van der Waals surface area contributed by atoms with Crippen molar-refractivity contribution in [2.24, 2.45) is 0 Å². The van der Waals surface area contributed by atoms with Crippen molar-refractivity contribution in [1.82, 2.24) is 9.97 Å². The highest BCUT2D eigenvalue weighted by molar-refractivity contribution is 6.30. The summed E-state index contributed by atoms with van der Waals surface area (Å²) < 4.78 is 10.1. The average molecular weight is 246 g/mol. The fourth-order valence-electron chi connectivity index (χ4n) is 1.21. The third-order valence-electron chi connectivity index (χ3n) is 2.16. The highest BCUT2D eigenvalue weighted by atomic mass is 35.5. The van der Waals surface area contributed by atoms with Crippen molar-refractivity contribution >= 4 is 17.4 Å². The topological polar surface area (TPSA) is 56.3 Å². The van der Waals surface area contributed by atoms with Crippen LogP contribution in [0, 0.1) is 13.8 Å². The Hall–Kier alpha value is -0.910. The van der Waals surface area contributed by atoms with Gasteiger partial charge in [0, 0.05) is 19.8 Å². The summed E-state index contributed by atoms with van der Waals surface area (Å²) >= 11 is 5.95. The SMILES string of the molecule is COC(CNc1nc(C)nc(Cl)c1C)OC. The maximum absolute atomic E-state index is 5.95. The zero-order valence-electron chi connectivity index (χ0n) is 9.87. The summed E-state index contributed by atoms with van der Waals surface area (Å²) in [5.41, 5.74) is 0.818. The van der Waals surface area contributed by atoms with Gasteiger partial charge in [-0.1, -0.05) is 11.6 Å². The van der Waals surface area contributed by atoms with Gasteiger partial charge < -0.3 is 14.8 Å². The third-order valence-corrected chi connectivity index (χ3v) is 2.53. The summed E-state index contributed by atoms with van der Waals surface area (Å²) in [5, 5.41) is 3.57. The van der Waals surface area contributed by atoms with Crippen LogP contribution in [-0.4, -0.2) is 37.0 Å². The second kappa shape index (κ2) is 5.98. The van der Waals surface area contributed by atoms with Crippen molar-refractivity contribution in [3.63, 3.8) is 0 Å². The zero-order chi connectivity index (χ0) is 12.1. The summed E-state index contributed by atoms with van der Waals surface area (Å²) in [6.45, 7) is 4.15. The third kappa shape index (κ3) is 3.30. The number of methoxy groups -OCH3 is 2. The van der Waals surface area contributed by atoms with Crippen LogP contribution in [0.2, 0.25) is 5.15 Å². The number of ether oxygens (including phenoxy) is 2. The van der Waals surface area contributed by atoms with E-state index in [9.17, 15) is 0 Å². The summed E-state index contributed by atoms with van der Waals surface area (Å²) in [6, 6.07) is 0. The van der Waals surface area contributed by atoms with Crippen molar-refractivity contribution in [2.45, 2.75) is 20.1 Å². The Balaban J connectivity index is 2.73. The number of aryl methyl sites for hydroxylation is 1.